The summed E-state index contributed by atoms with van der Waals surface area (Å²) < 4.78 is 52.5. The third kappa shape index (κ3) is 5.71. The number of terminal acetylenes is 1. The van der Waals surface area contributed by atoms with Crippen molar-refractivity contribution in [3.8, 4) is 12.3 Å². The monoisotopic (exact) mass is 562 g/mol. The molecule has 1 aliphatic heterocycles. The Balaban J connectivity index is 1.83. The molecule has 0 spiro atoms. The maximum atomic E-state index is 11.9. The molecule has 0 bridgehead atoms. The molecule has 0 saturated carbocycles. The summed E-state index contributed by atoms with van der Waals surface area (Å²) in [4.78, 5) is 46.8. The van der Waals surface area contributed by atoms with Crippen LogP contribution >= 0.6 is 35.7 Å². The molecule has 2 aromatic heterocycles. The van der Waals surface area contributed by atoms with Crippen LogP contribution in [0.4, 0.5) is 0 Å². The van der Waals surface area contributed by atoms with Crippen molar-refractivity contribution >= 4 is 46.8 Å². The Labute approximate surface area is 194 Å². The second-order valence-corrected chi connectivity index (χ2v) is 11.6. The van der Waals surface area contributed by atoms with Gasteiger partial charge in [0.2, 0.25) is 0 Å². The number of aromatic nitrogens is 4. The number of aryl methyl sites for hydroxylation is 1. The van der Waals surface area contributed by atoms with Crippen LogP contribution in [0.1, 0.15) is 12.1 Å². The predicted molar refractivity (Wildman–Crippen MR) is 111 cm³/mol. The zero-order chi connectivity index (χ0) is 25.7. The zero-order valence-electron chi connectivity index (χ0n) is 16.7. The quantitative estimate of drug-likeness (QED) is 0.124. The molecule has 188 valence electrons. The van der Waals surface area contributed by atoms with E-state index in [2.05, 4.69) is 28.1 Å². The summed E-state index contributed by atoms with van der Waals surface area (Å²) >= 11 is 5.12. The van der Waals surface area contributed by atoms with Crippen LogP contribution < -0.4 is 0 Å². The van der Waals surface area contributed by atoms with Crippen LogP contribution in [0.5, 0.6) is 0 Å². The average Bonchev–Trinajstić information content (AvgIpc) is 3.17. The van der Waals surface area contributed by atoms with E-state index in [1.807, 2.05) is 5.92 Å². The smallest absolute Gasteiger partial charge is 0.386 e. The van der Waals surface area contributed by atoms with Crippen molar-refractivity contribution in [1.29, 1.82) is 0 Å². The second-order valence-electron chi connectivity index (χ2n) is 6.80. The van der Waals surface area contributed by atoms with E-state index >= 15 is 0 Å². The number of nitrogens with one attached hydrogen (secondary N) is 1. The molecule has 3 heterocycles. The maximum absolute atomic E-state index is 11.9. The maximum Gasteiger partial charge on any atom is 0.490 e. The number of hydrogen-bond donors (Lipinski definition) is 7. The SMILES string of the molecule is C#CC1(O)[C@@H](O)[C@@H](COP(=O)(O)OP(=O)(O)OP(=O)(O)O)O[C@H]1n1cnc2c(=S)nc(C)[nH]c21. The van der Waals surface area contributed by atoms with Crippen molar-refractivity contribution < 1.29 is 61.4 Å². The van der Waals surface area contributed by atoms with Crippen LogP contribution in [0.2, 0.25) is 0 Å². The van der Waals surface area contributed by atoms with Crippen LogP contribution in [-0.2, 0) is 31.6 Å². The number of H-pyrrole nitrogens is 1. The summed E-state index contributed by atoms with van der Waals surface area (Å²) in [5, 5.41) is 21.4. The first-order valence-corrected chi connectivity index (χ1v) is 13.7. The van der Waals surface area contributed by atoms with Gasteiger partial charge in [-0.25, -0.2) is 23.7 Å². The third-order valence-electron chi connectivity index (χ3n) is 4.35. The minimum absolute atomic E-state index is 0.122. The lowest BCUT2D eigenvalue weighted by Gasteiger charge is -2.26. The number of ether oxygens (including phenoxy) is 1. The lowest BCUT2D eigenvalue weighted by molar-refractivity contribution is -0.0717. The highest BCUT2D eigenvalue weighted by Gasteiger charge is 2.56. The van der Waals surface area contributed by atoms with Gasteiger partial charge in [-0.3, -0.25) is 9.09 Å². The molecule has 6 atom stereocenters. The summed E-state index contributed by atoms with van der Waals surface area (Å²) in [6.45, 7) is 0.546. The molecule has 0 amide bonds. The Kier molecular flexibility index (Phi) is 7.40. The first-order valence-electron chi connectivity index (χ1n) is 8.73. The van der Waals surface area contributed by atoms with Gasteiger partial charge in [0.15, 0.2) is 16.5 Å². The van der Waals surface area contributed by atoms with E-state index in [0.29, 0.717) is 5.82 Å². The van der Waals surface area contributed by atoms with E-state index in [1.165, 1.54) is 10.9 Å². The van der Waals surface area contributed by atoms with Crippen molar-refractivity contribution in [2.24, 2.45) is 0 Å². The summed E-state index contributed by atoms with van der Waals surface area (Å²) in [6, 6.07) is 0. The predicted octanol–water partition coefficient (Wildman–Crippen LogP) is -0.237. The van der Waals surface area contributed by atoms with Crippen molar-refractivity contribution in [2.75, 3.05) is 6.61 Å². The summed E-state index contributed by atoms with van der Waals surface area (Å²) in [5.74, 6) is 2.36. The van der Waals surface area contributed by atoms with Crippen LogP contribution in [-0.4, -0.2) is 73.7 Å². The van der Waals surface area contributed by atoms with Gasteiger partial charge in [-0.1, -0.05) is 18.1 Å². The van der Waals surface area contributed by atoms with E-state index in [1.54, 1.807) is 6.92 Å². The number of fused-ring (bicyclic) bond motifs is 1. The molecule has 34 heavy (non-hydrogen) atoms. The summed E-state index contributed by atoms with van der Waals surface area (Å²) in [6.07, 6.45) is 1.51. The number of phosphoric ester groups is 1. The number of imidazole rings is 1. The lowest BCUT2D eigenvalue weighted by atomic mass is 9.95. The van der Waals surface area contributed by atoms with Gasteiger partial charge in [-0.2, -0.15) is 8.62 Å². The first kappa shape index (κ1) is 27.2. The zero-order valence-corrected chi connectivity index (χ0v) is 20.2. The van der Waals surface area contributed by atoms with E-state index in [-0.39, 0.29) is 15.8 Å². The van der Waals surface area contributed by atoms with Crippen molar-refractivity contribution in [2.45, 2.75) is 31.0 Å². The number of aliphatic hydroxyl groups excluding tert-OH is 1. The topological polar surface area (TPSA) is 256 Å². The number of phosphoric acid groups is 3. The van der Waals surface area contributed by atoms with Crippen LogP contribution in [0.3, 0.4) is 0 Å². The van der Waals surface area contributed by atoms with Gasteiger partial charge < -0.3 is 39.5 Å². The van der Waals surface area contributed by atoms with E-state index < -0.39 is 54.1 Å². The molecule has 1 aliphatic rings. The van der Waals surface area contributed by atoms with Crippen LogP contribution in [0.15, 0.2) is 6.33 Å². The molecule has 17 nitrogen and oxygen atoms in total. The molecule has 1 saturated heterocycles. The molecule has 21 heteroatoms. The standard InChI is InChI=1S/C13H17N4O13P3S/c1-3-13(19)9(18)7(4-27-32(23,24)30-33(25,26)29-31(20,21)22)28-12(13)17-5-14-8-10(17)15-6(2)16-11(8)34/h1,5,7,9,12,18-19H,4H2,2H3,(H,23,24)(H,25,26)(H,15,16,34)(H2,20,21,22)/t7-,9+,12-,13?/m1/s1. The van der Waals surface area contributed by atoms with Crippen LogP contribution in [0, 0.1) is 23.9 Å². The normalized spacial score (nSPS) is 28.9. The largest absolute Gasteiger partial charge is 0.490 e. The number of nitrogens with zero attached hydrogens (tertiary/aromatic N) is 3. The number of aromatic amines is 1. The minimum atomic E-state index is -5.75. The Hall–Kier alpha value is -1.38. The molecular formula is C13H17N4O13P3S. The van der Waals surface area contributed by atoms with Gasteiger partial charge in [0.05, 0.1) is 12.9 Å². The van der Waals surface area contributed by atoms with Crippen LogP contribution in [0.25, 0.3) is 11.2 Å². The molecular weight excluding hydrogens is 545 g/mol. The Morgan fingerprint density at radius 2 is 1.94 bits per heavy atom. The fourth-order valence-corrected chi connectivity index (χ4v) is 6.35. The Bertz CT molecular complexity index is 1350. The van der Waals surface area contributed by atoms with Crippen molar-refractivity contribution in [1.82, 2.24) is 19.5 Å². The summed E-state index contributed by atoms with van der Waals surface area (Å²) in [7, 11) is -16.8. The molecule has 2 aromatic rings. The fourth-order valence-electron chi connectivity index (χ4n) is 3.03. The lowest BCUT2D eigenvalue weighted by Crippen LogP contribution is -2.45. The number of hydrogen-bond acceptors (Lipinski definition) is 12. The molecule has 3 rings (SSSR count). The molecule has 0 radical (unpaired) electrons. The van der Waals surface area contributed by atoms with Gasteiger partial charge in [0.1, 0.15) is 29.2 Å². The average molecular weight is 562 g/mol. The van der Waals surface area contributed by atoms with Gasteiger partial charge >= 0.3 is 23.5 Å². The van der Waals surface area contributed by atoms with Gasteiger partial charge in [0.25, 0.3) is 0 Å². The molecule has 7 N–H and O–H groups in total. The Morgan fingerprint density at radius 3 is 2.53 bits per heavy atom. The highest BCUT2D eigenvalue weighted by Crippen LogP contribution is 2.66. The molecule has 0 aromatic carbocycles. The molecule has 0 aliphatic carbocycles. The summed E-state index contributed by atoms with van der Waals surface area (Å²) in [5.41, 5.74) is -1.99. The van der Waals surface area contributed by atoms with Gasteiger partial charge in [-0.05, 0) is 6.92 Å². The highest BCUT2D eigenvalue weighted by atomic mass is 32.1. The minimum Gasteiger partial charge on any atom is -0.386 e. The number of rotatable bonds is 8. The van der Waals surface area contributed by atoms with Gasteiger partial charge in [0, 0.05) is 0 Å². The number of aliphatic hydroxyl groups is 2. The van der Waals surface area contributed by atoms with E-state index in [0.717, 1.165) is 0 Å². The van der Waals surface area contributed by atoms with Gasteiger partial charge in [-0.15, -0.1) is 6.42 Å². The first-order chi connectivity index (χ1) is 15.5. The Morgan fingerprint density at radius 1 is 1.29 bits per heavy atom. The van der Waals surface area contributed by atoms with Crippen molar-refractivity contribution in [3.05, 3.63) is 16.8 Å². The van der Waals surface area contributed by atoms with Crippen molar-refractivity contribution in [3.63, 3.8) is 0 Å². The highest BCUT2D eigenvalue weighted by molar-refractivity contribution is 7.71. The van der Waals surface area contributed by atoms with E-state index in [4.69, 9.17) is 33.2 Å². The molecule has 3 unspecified atom stereocenters. The second kappa shape index (κ2) is 9.25. The molecule has 1 fully saturated rings. The van der Waals surface area contributed by atoms with E-state index in [9.17, 15) is 33.7 Å². The fraction of sp³-hybridized carbons (Fsp3) is 0.462. The third-order valence-corrected chi connectivity index (χ3v) is 8.44.